The van der Waals surface area contributed by atoms with Gasteiger partial charge in [0.25, 0.3) is 0 Å². The van der Waals surface area contributed by atoms with Gasteiger partial charge in [0.05, 0.1) is 0 Å². The van der Waals surface area contributed by atoms with Crippen molar-refractivity contribution in [3.8, 4) is 0 Å². The van der Waals surface area contributed by atoms with Gasteiger partial charge >= 0.3 is 12.1 Å². The van der Waals surface area contributed by atoms with Crippen LogP contribution < -0.4 is 21.8 Å². The molecule has 37 heavy (non-hydrogen) atoms. The fourth-order valence-electron chi connectivity index (χ4n) is 3.51. The van der Waals surface area contributed by atoms with Gasteiger partial charge in [0.1, 0.15) is 13.2 Å². The van der Waals surface area contributed by atoms with E-state index in [2.05, 4.69) is 16.1 Å². The number of hydrogen-bond acceptors (Lipinski definition) is 8. The lowest BCUT2D eigenvalue weighted by Crippen LogP contribution is -2.53. The first-order chi connectivity index (χ1) is 18.2. The number of carbonyl (C=O) groups is 3. The molecule has 2 aromatic carbocycles. The van der Waals surface area contributed by atoms with Crippen LogP contribution in [0.25, 0.3) is 0 Å². The zero-order valence-corrected chi connectivity index (χ0v) is 21.3. The highest BCUT2D eigenvalue weighted by molar-refractivity contribution is 5.82. The van der Waals surface area contributed by atoms with Crippen molar-refractivity contribution >= 4 is 18.5 Å². The third-order valence-electron chi connectivity index (χ3n) is 5.51. The van der Waals surface area contributed by atoms with E-state index >= 15 is 0 Å². The Morgan fingerprint density at radius 2 is 1.35 bits per heavy atom. The first kappa shape index (κ1) is 29.8. The van der Waals surface area contributed by atoms with Crippen LogP contribution in [0.1, 0.15) is 36.8 Å². The molecule has 0 heterocycles. The van der Waals surface area contributed by atoms with E-state index in [9.17, 15) is 14.4 Å². The average Bonchev–Trinajstić information content (AvgIpc) is 2.93. The zero-order chi connectivity index (χ0) is 26.6. The van der Waals surface area contributed by atoms with Crippen LogP contribution in [-0.2, 0) is 32.3 Å². The lowest BCUT2D eigenvalue weighted by molar-refractivity contribution is -0.152. The quantitative estimate of drug-likeness (QED) is 0.0971. The van der Waals surface area contributed by atoms with Crippen LogP contribution in [0.3, 0.4) is 0 Å². The number of nitrogens with zero attached hydrogens (tertiary/aromatic N) is 1. The summed E-state index contributed by atoms with van der Waals surface area (Å²) in [4.78, 5) is 37.2. The lowest BCUT2D eigenvalue weighted by Gasteiger charge is -2.28. The Balaban J connectivity index is 1.92. The lowest BCUT2D eigenvalue weighted by atomic mass is 10.2. The minimum atomic E-state index is -1.07. The maximum atomic E-state index is 13.0. The topological polar surface area (TPSA) is 135 Å². The zero-order valence-electron chi connectivity index (χ0n) is 21.3. The molecule has 10 nitrogen and oxygen atoms in total. The van der Waals surface area contributed by atoms with E-state index in [-0.39, 0.29) is 19.6 Å². The number of carbonyl (C=O) groups excluding carboxylic acids is 3. The molecule has 0 fully saturated rings. The molecular formula is C27H39N5O5. The van der Waals surface area contributed by atoms with Crippen LogP contribution in [-0.4, -0.2) is 62.2 Å². The number of benzene rings is 2. The van der Waals surface area contributed by atoms with Crippen LogP contribution >= 0.6 is 0 Å². The predicted octanol–water partition coefficient (Wildman–Crippen LogP) is 2.10. The van der Waals surface area contributed by atoms with Gasteiger partial charge in [-0.15, -0.1) is 0 Å². The highest BCUT2D eigenvalue weighted by atomic mass is 16.6. The molecule has 2 aromatic rings. The van der Waals surface area contributed by atoms with Crippen LogP contribution in [0.4, 0.5) is 4.79 Å². The first-order valence-electron chi connectivity index (χ1n) is 12.7. The maximum Gasteiger partial charge on any atom is 0.429 e. The number of unbranched alkanes of at least 4 members (excludes halogenated alkanes) is 1. The Bertz CT molecular complexity index is 901. The summed E-state index contributed by atoms with van der Waals surface area (Å²) in [6.07, 6.45) is 2.63. The van der Waals surface area contributed by atoms with Gasteiger partial charge in [-0.05, 0) is 69.5 Å². The second kappa shape index (κ2) is 18.8. The molecule has 0 aliphatic rings. The van der Waals surface area contributed by atoms with Crippen LogP contribution in [0.2, 0.25) is 0 Å². The van der Waals surface area contributed by atoms with Gasteiger partial charge in [0, 0.05) is 0 Å². The van der Waals surface area contributed by atoms with E-state index in [1.165, 1.54) is 0 Å². The second-order valence-electron chi connectivity index (χ2n) is 8.40. The van der Waals surface area contributed by atoms with E-state index in [1.54, 1.807) is 0 Å². The van der Waals surface area contributed by atoms with Gasteiger partial charge in [0.2, 0.25) is 6.41 Å². The normalized spacial score (nSPS) is 11.4. The maximum absolute atomic E-state index is 13.0. The molecule has 0 saturated carbocycles. The Morgan fingerprint density at radius 3 is 1.92 bits per heavy atom. The van der Waals surface area contributed by atoms with Gasteiger partial charge in [-0.25, -0.2) is 14.6 Å². The van der Waals surface area contributed by atoms with Crippen molar-refractivity contribution < 1.29 is 23.9 Å². The Labute approximate surface area is 218 Å². The van der Waals surface area contributed by atoms with E-state index in [0.29, 0.717) is 19.5 Å². The molecule has 1 atom stereocenters. The fraction of sp³-hybridized carbons (Fsp3) is 0.444. The summed E-state index contributed by atoms with van der Waals surface area (Å²) in [6, 6.07) is 17.3. The molecular weight excluding hydrogens is 474 g/mol. The largest absolute Gasteiger partial charge is 0.459 e. The molecule has 2 amide bonds. The summed E-state index contributed by atoms with van der Waals surface area (Å²) in [6.45, 7) is 3.75. The van der Waals surface area contributed by atoms with E-state index in [1.807, 2.05) is 60.7 Å². The Hall–Kier alpha value is -3.47. The number of nitrogens with two attached hydrogens (primary N) is 1. The number of rotatable bonds is 19. The average molecular weight is 514 g/mol. The Kier molecular flexibility index (Phi) is 15.1. The molecule has 0 aromatic heterocycles. The summed E-state index contributed by atoms with van der Waals surface area (Å²) < 4.78 is 10.8. The first-order valence-corrected chi connectivity index (χ1v) is 12.7. The number of hydrazine groups is 1. The molecule has 0 saturated heterocycles. The Morgan fingerprint density at radius 1 is 0.811 bits per heavy atom. The van der Waals surface area contributed by atoms with Crippen LogP contribution in [0.15, 0.2) is 60.7 Å². The summed E-state index contributed by atoms with van der Waals surface area (Å²) >= 11 is 0. The standard InChI is InChI=1S/C27H39N5O5/c28-15-9-18-29-16-7-8-17-30-19-14-25(26(34)36-20-23-10-3-1-4-11-23)32(31-22-33)27(35)37-21-24-12-5-2-6-13-24/h1-6,10-13,22,25,29-30H,7-9,14-21,28H2,(H,31,33). The van der Waals surface area contributed by atoms with Crippen LogP contribution in [0, 0.1) is 0 Å². The molecule has 0 aliphatic carbocycles. The molecule has 0 bridgehead atoms. The summed E-state index contributed by atoms with van der Waals surface area (Å²) in [7, 11) is 0. The minimum absolute atomic E-state index is 0.0000588. The van der Waals surface area contributed by atoms with Crippen molar-refractivity contribution in [3.63, 3.8) is 0 Å². The molecule has 10 heteroatoms. The van der Waals surface area contributed by atoms with Gasteiger partial charge in [-0.3, -0.25) is 10.2 Å². The van der Waals surface area contributed by atoms with Crippen molar-refractivity contribution in [3.05, 3.63) is 71.8 Å². The number of ether oxygens (including phenoxy) is 2. The third-order valence-corrected chi connectivity index (χ3v) is 5.51. The molecule has 202 valence electrons. The van der Waals surface area contributed by atoms with Crippen LogP contribution in [0.5, 0.6) is 0 Å². The van der Waals surface area contributed by atoms with Gasteiger partial charge in [-0.1, -0.05) is 60.7 Å². The van der Waals surface area contributed by atoms with Crippen molar-refractivity contribution in [2.24, 2.45) is 5.73 Å². The van der Waals surface area contributed by atoms with Gasteiger partial charge < -0.3 is 25.8 Å². The van der Waals surface area contributed by atoms with E-state index in [4.69, 9.17) is 15.2 Å². The molecule has 2 rings (SSSR count). The highest BCUT2D eigenvalue weighted by Gasteiger charge is 2.32. The molecule has 5 N–H and O–H groups in total. The fourth-order valence-corrected chi connectivity index (χ4v) is 3.51. The van der Waals surface area contributed by atoms with E-state index in [0.717, 1.165) is 55.0 Å². The number of nitrogens with one attached hydrogen (secondary N) is 3. The molecule has 0 aliphatic heterocycles. The van der Waals surface area contributed by atoms with Crippen molar-refractivity contribution in [2.45, 2.75) is 44.9 Å². The molecule has 0 spiro atoms. The van der Waals surface area contributed by atoms with Gasteiger partial charge in [-0.2, -0.15) is 0 Å². The monoisotopic (exact) mass is 513 g/mol. The number of esters is 1. The van der Waals surface area contributed by atoms with E-state index < -0.39 is 18.1 Å². The number of hydrogen-bond donors (Lipinski definition) is 4. The van der Waals surface area contributed by atoms with Crippen molar-refractivity contribution in [1.82, 2.24) is 21.1 Å². The summed E-state index contributed by atoms with van der Waals surface area (Å²) in [5.41, 5.74) is 9.39. The molecule has 1 unspecified atom stereocenters. The smallest absolute Gasteiger partial charge is 0.429 e. The minimum Gasteiger partial charge on any atom is -0.459 e. The van der Waals surface area contributed by atoms with Crippen molar-refractivity contribution in [2.75, 3.05) is 32.7 Å². The molecule has 0 radical (unpaired) electrons. The second-order valence-corrected chi connectivity index (χ2v) is 8.40. The SMILES string of the molecule is NCCCNCCCCNCCC(C(=O)OCc1ccccc1)N(NC=O)C(=O)OCc1ccccc1. The van der Waals surface area contributed by atoms with Crippen molar-refractivity contribution in [1.29, 1.82) is 0 Å². The summed E-state index contributed by atoms with van der Waals surface area (Å²) in [5.74, 6) is -0.638. The summed E-state index contributed by atoms with van der Waals surface area (Å²) in [5, 5.41) is 7.52. The predicted molar refractivity (Wildman–Crippen MR) is 141 cm³/mol. The number of amides is 2. The van der Waals surface area contributed by atoms with Gasteiger partial charge in [0.15, 0.2) is 6.04 Å². The third kappa shape index (κ3) is 12.4. The highest BCUT2D eigenvalue weighted by Crippen LogP contribution is 2.11.